The Morgan fingerprint density at radius 1 is 0.897 bits per heavy atom. The average molecular weight is 386 g/mol. The van der Waals surface area contributed by atoms with E-state index in [4.69, 9.17) is 9.47 Å². The Morgan fingerprint density at radius 2 is 1.66 bits per heavy atom. The smallest absolute Gasteiger partial charge is 0.253 e. The monoisotopic (exact) mass is 386 g/mol. The molecule has 0 aliphatic heterocycles. The van der Waals surface area contributed by atoms with E-state index in [0.717, 1.165) is 27.9 Å². The van der Waals surface area contributed by atoms with E-state index in [1.165, 1.54) is 0 Å². The maximum atomic E-state index is 12.4. The molecule has 4 rings (SSSR count). The topological polar surface area (TPSA) is 63.4 Å². The minimum absolute atomic E-state index is 0.110. The SMILES string of the molecule is COc1ccc2cc(CNc3ccc(OCc4ccccc4)cc3)c(=O)[nH]c2c1. The lowest BCUT2D eigenvalue weighted by Gasteiger charge is -2.10. The summed E-state index contributed by atoms with van der Waals surface area (Å²) in [6.45, 7) is 0.965. The molecule has 0 saturated carbocycles. The third kappa shape index (κ3) is 4.58. The molecule has 1 heterocycles. The molecule has 5 heteroatoms. The van der Waals surface area contributed by atoms with Gasteiger partial charge in [0.15, 0.2) is 0 Å². The van der Waals surface area contributed by atoms with Crippen LogP contribution >= 0.6 is 0 Å². The van der Waals surface area contributed by atoms with Crippen LogP contribution in [0.1, 0.15) is 11.1 Å². The molecule has 0 amide bonds. The summed E-state index contributed by atoms with van der Waals surface area (Å²) >= 11 is 0. The molecule has 2 N–H and O–H groups in total. The first-order chi connectivity index (χ1) is 14.2. The molecular weight excluding hydrogens is 364 g/mol. The van der Waals surface area contributed by atoms with Gasteiger partial charge in [0.2, 0.25) is 0 Å². The van der Waals surface area contributed by atoms with Crippen LogP contribution in [0.25, 0.3) is 10.9 Å². The number of pyridine rings is 1. The molecule has 5 nitrogen and oxygen atoms in total. The summed E-state index contributed by atoms with van der Waals surface area (Å²) in [5.74, 6) is 1.52. The number of H-pyrrole nitrogens is 1. The van der Waals surface area contributed by atoms with E-state index in [2.05, 4.69) is 10.3 Å². The molecule has 4 aromatic rings. The zero-order valence-electron chi connectivity index (χ0n) is 16.1. The van der Waals surface area contributed by atoms with Gasteiger partial charge in [0, 0.05) is 23.9 Å². The summed E-state index contributed by atoms with van der Waals surface area (Å²) in [5, 5.41) is 4.25. The molecule has 0 unspecified atom stereocenters. The van der Waals surface area contributed by atoms with Crippen molar-refractivity contribution < 1.29 is 9.47 Å². The molecule has 0 spiro atoms. The summed E-state index contributed by atoms with van der Waals surface area (Å²) < 4.78 is 11.0. The highest BCUT2D eigenvalue weighted by Gasteiger charge is 2.05. The lowest BCUT2D eigenvalue weighted by Crippen LogP contribution is -2.15. The summed E-state index contributed by atoms with van der Waals surface area (Å²) in [7, 11) is 1.61. The molecule has 0 atom stereocenters. The number of hydrogen-bond donors (Lipinski definition) is 2. The minimum atomic E-state index is -0.110. The molecule has 0 bridgehead atoms. The highest BCUT2D eigenvalue weighted by atomic mass is 16.5. The Balaban J connectivity index is 1.39. The predicted octanol–water partition coefficient (Wildman–Crippen LogP) is 4.73. The quantitative estimate of drug-likeness (QED) is 0.482. The normalized spacial score (nSPS) is 10.7. The van der Waals surface area contributed by atoms with E-state index < -0.39 is 0 Å². The van der Waals surface area contributed by atoms with E-state index in [9.17, 15) is 4.79 Å². The molecular formula is C24H22N2O3. The predicted molar refractivity (Wildman–Crippen MR) is 116 cm³/mol. The Bertz CT molecular complexity index is 1150. The van der Waals surface area contributed by atoms with Crippen molar-refractivity contribution in [3.05, 3.63) is 100 Å². The second-order valence-corrected chi connectivity index (χ2v) is 6.73. The molecule has 3 aromatic carbocycles. The van der Waals surface area contributed by atoms with Gasteiger partial charge in [-0.1, -0.05) is 30.3 Å². The van der Waals surface area contributed by atoms with E-state index in [0.29, 0.717) is 24.5 Å². The van der Waals surface area contributed by atoms with Crippen LogP contribution in [0.5, 0.6) is 11.5 Å². The highest BCUT2D eigenvalue weighted by Crippen LogP contribution is 2.20. The summed E-state index contributed by atoms with van der Waals surface area (Å²) in [5.41, 5.74) is 3.38. The largest absolute Gasteiger partial charge is 0.497 e. The van der Waals surface area contributed by atoms with Crippen molar-refractivity contribution in [2.75, 3.05) is 12.4 Å². The third-order valence-corrected chi connectivity index (χ3v) is 4.72. The fourth-order valence-corrected chi connectivity index (χ4v) is 3.09. The molecule has 29 heavy (non-hydrogen) atoms. The number of benzene rings is 3. The van der Waals surface area contributed by atoms with Crippen LogP contribution in [0.4, 0.5) is 5.69 Å². The van der Waals surface area contributed by atoms with Crippen molar-refractivity contribution >= 4 is 16.6 Å². The van der Waals surface area contributed by atoms with Gasteiger partial charge in [-0.15, -0.1) is 0 Å². The first-order valence-corrected chi connectivity index (χ1v) is 9.42. The van der Waals surface area contributed by atoms with E-state index in [1.54, 1.807) is 7.11 Å². The number of ether oxygens (including phenoxy) is 2. The number of nitrogens with one attached hydrogen (secondary N) is 2. The van der Waals surface area contributed by atoms with Gasteiger partial charge in [0.1, 0.15) is 18.1 Å². The van der Waals surface area contributed by atoms with Crippen molar-refractivity contribution in [1.82, 2.24) is 4.98 Å². The minimum Gasteiger partial charge on any atom is -0.497 e. The van der Waals surface area contributed by atoms with Crippen LogP contribution in [0, 0.1) is 0 Å². The zero-order valence-corrected chi connectivity index (χ0v) is 16.1. The number of aromatic nitrogens is 1. The van der Waals surface area contributed by atoms with Gasteiger partial charge in [-0.25, -0.2) is 0 Å². The van der Waals surface area contributed by atoms with Crippen LogP contribution in [-0.4, -0.2) is 12.1 Å². The van der Waals surface area contributed by atoms with E-state index in [1.807, 2.05) is 78.9 Å². The second-order valence-electron chi connectivity index (χ2n) is 6.73. The molecule has 0 radical (unpaired) electrons. The van der Waals surface area contributed by atoms with Crippen molar-refractivity contribution in [2.24, 2.45) is 0 Å². The summed E-state index contributed by atoms with van der Waals surface area (Å²) in [6.07, 6.45) is 0. The van der Waals surface area contributed by atoms with Gasteiger partial charge >= 0.3 is 0 Å². The van der Waals surface area contributed by atoms with E-state index >= 15 is 0 Å². The molecule has 0 fully saturated rings. The van der Waals surface area contributed by atoms with Gasteiger partial charge in [-0.05, 0) is 53.4 Å². The fourth-order valence-electron chi connectivity index (χ4n) is 3.09. The van der Waals surface area contributed by atoms with Gasteiger partial charge in [-0.3, -0.25) is 4.79 Å². The number of fused-ring (bicyclic) bond motifs is 1. The number of rotatable bonds is 7. The van der Waals surface area contributed by atoms with Crippen LogP contribution in [0.3, 0.4) is 0 Å². The molecule has 0 aliphatic rings. The Hall–Kier alpha value is -3.73. The van der Waals surface area contributed by atoms with Crippen molar-refractivity contribution in [3.63, 3.8) is 0 Å². The van der Waals surface area contributed by atoms with Crippen LogP contribution in [0.2, 0.25) is 0 Å². The lowest BCUT2D eigenvalue weighted by atomic mass is 10.1. The maximum Gasteiger partial charge on any atom is 0.253 e. The molecule has 1 aromatic heterocycles. The standard InChI is InChI=1S/C24H22N2O3/c1-28-22-10-7-18-13-19(24(27)26-23(18)14-22)15-25-20-8-11-21(12-9-20)29-16-17-5-3-2-4-6-17/h2-14,25H,15-16H2,1H3,(H,26,27). The second kappa shape index (κ2) is 8.52. The maximum absolute atomic E-state index is 12.4. The van der Waals surface area contributed by atoms with Crippen molar-refractivity contribution in [1.29, 1.82) is 0 Å². The highest BCUT2D eigenvalue weighted by molar-refractivity contribution is 5.80. The van der Waals surface area contributed by atoms with E-state index in [-0.39, 0.29) is 5.56 Å². The molecule has 0 aliphatic carbocycles. The Kier molecular flexibility index (Phi) is 5.47. The van der Waals surface area contributed by atoms with Gasteiger partial charge in [0.05, 0.1) is 12.6 Å². The first kappa shape index (κ1) is 18.6. The fraction of sp³-hybridized carbons (Fsp3) is 0.125. The number of aromatic amines is 1. The van der Waals surface area contributed by atoms with Crippen LogP contribution in [-0.2, 0) is 13.2 Å². The van der Waals surface area contributed by atoms with Gasteiger partial charge < -0.3 is 19.8 Å². The lowest BCUT2D eigenvalue weighted by molar-refractivity contribution is 0.306. The molecule has 146 valence electrons. The average Bonchev–Trinajstić information content (AvgIpc) is 2.77. The van der Waals surface area contributed by atoms with Crippen LogP contribution in [0.15, 0.2) is 83.7 Å². The van der Waals surface area contributed by atoms with Crippen LogP contribution < -0.4 is 20.3 Å². The summed E-state index contributed by atoms with van der Waals surface area (Å²) in [4.78, 5) is 15.3. The van der Waals surface area contributed by atoms with Gasteiger partial charge in [-0.2, -0.15) is 0 Å². The van der Waals surface area contributed by atoms with Gasteiger partial charge in [0.25, 0.3) is 5.56 Å². The summed E-state index contributed by atoms with van der Waals surface area (Å²) in [6, 6.07) is 25.3. The Labute approximate surface area is 168 Å². The number of methoxy groups -OCH3 is 1. The Morgan fingerprint density at radius 3 is 2.41 bits per heavy atom. The third-order valence-electron chi connectivity index (χ3n) is 4.72. The zero-order chi connectivity index (χ0) is 20.1. The molecule has 0 saturated heterocycles. The number of anilines is 1. The number of hydrogen-bond acceptors (Lipinski definition) is 4. The van der Waals surface area contributed by atoms with Crippen molar-refractivity contribution in [3.8, 4) is 11.5 Å². The van der Waals surface area contributed by atoms with Crippen molar-refractivity contribution in [2.45, 2.75) is 13.2 Å². The first-order valence-electron chi connectivity index (χ1n) is 9.42.